The molecule has 5 heteroatoms. The average molecular weight is 312 g/mol. The smallest absolute Gasteiger partial charge is 0.260 e. The van der Waals surface area contributed by atoms with Crippen molar-refractivity contribution in [2.24, 2.45) is 0 Å². The molecule has 0 radical (unpaired) electrons. The fourth-order valence-electron chi connectivity index (χ4n) is 3.09. The van der Waals surface area contributed by atoms with Crippen molar-refractivity contribution in [2.45, 2.75) is 39.2 Å². The molecule has 0 unspecified atom stereocenters. The molecule has 0 fully saturated rings. The van der Waals surface area contributed by atoms with Gasteiger partial charge >= 0.3 is 0 Å². The standard InChI is InChI=1S/C17H17N3OS/c1-11-6-8-20(9-7-11)10-14-18-16(21)15-12-4-2-3-5-13(12)22-17(15)19-14/h6-9H,2-5,10H2,1H3/p+1. The van der Waals surface area contributed by atoms with E-state index in [0.29, 0.717) is 6.54 Å². The molecule has 112 valence electrons. The number of rotatable bonds is 2. The van der Waals surface area contributed by atoms with Crippen LogP contribution in [0.2, 0.25) is 0 Å². The predicted octanol–water partition coefficient (Wildman–Crippen LogP) is 2.51. The average Bonchev–Trinajstić information content (AvgIpc) is 2.88. The largest absolute Gasteiger partial charge is 0.305 e. The third-order valence-electron chi connectivity index (χ3n) is 4.26. The molecule has 22 heavy (non-hydrogen) atoms. The van der Waals surface area contributed by atoms with Gasteiger partial charge in [0.2, 0.25) is 6.54 Å². The van der Waals surface area contributed by atoms with Crippen molar-refractivity contribution in [2.75, 3.05) is 0 Å². The summed E-state index contributed by atoms with van der Waals surface area (Å²) in [6, 6.07) is 4.11. The summed E-state index contributed by atoms with van der Waals surface area (Å²) in [5.74, 6) is 0.727. The number of pyridine rings is 1. The number of nitrogens with one attached hydrogen (secondary N) is 1. The summed E-state index contributed by atoms with van der Waals surface area (Å²) in [5, 5.41) is 0.831. The van der Waals surface area contributed by atoms with Gasteiger partial charge in [0.1, 0.15) is 4.83 Å². The molecule has 3 aromatic rings. The van der Waals surface area contributed by atoms with Crippen LogP contribution in [0.4, 0.5) is 0 Å². The number of nitrogens with zero attached hydrogens (tertiary/aromatic N) is 2. The Morgan fingerprint density at radius 2 is 2.05 bits per heavy atom. The quantitative estimate of drug-likeness (QED) is 0.739. The molecule has 0 aromatic carbocycles. The van der Waals surface area contributed by atoms with Crippen LogP contribution in [0.25, 0.3) is 10.2 Å². The van der Waals surface area contributed by atoms with E-state index in [1.807, 2.05) is 17.0 Å². The molecule has 1 N–H and O–H groups in total. The molecule has 0 saturated heterocycles. The molecule has 0 amide bonds. The summed E-state index contributed by atoms with van der Waals surface area (Å²) >= 11 is 1.70. The van der Waals surface area contributed by atoms with Gasteiger partial charge < -0.3 is 4.98 Å². The first-order valence-corrected chi connectivity index (χ1v) is 8.51. The highest BCUT2D eigenvalue weighted by Crippen LogP contribution is 2.33. The Balaban J connectivity index is 1.77. The minimum atomic E-state index is 0.0205. The van der Waals surface area contributed by atoms with E-state index in [-0.39, 0.29) is 5.56 Å². The number of aromatic amines is 1. The first-order chi connectivity index (χ1) is 10.7. The van der Waals surface area contributed by atoms with Crippen LogP contribution in [-0.2, 0) is 19.4 Å². The third-order valence-corrected chi connectivity index (χ3v) is 5.45. The van der Waals surface area contributed by atoms with E-state index >= 15 is 0 Å². The van der Waals surface area contributed by atoms with Crippen LogP contribution < -0.4 is 10.1 Å². The summed E-state index contributed by atoms with van der Waals surface area (Å²) in [6.45, 7) is 2.65. The first-order valence-electron chi connectivity index (χ1n) is 7.70. The van der Waals surface area contributed by atoms with Crippen molar-refractivity contribution in [1.29, 1.82) is 0 Å². The number of aryl methyl sites for hydroxylation is 3. The minimum Gasteiger partial charge on any atom is -0.305 e. The van der Waals surface area contributed by atoms with Crippen molar-refractivity contribution in [3.8, 4) is 0 Å². The molecular weight excluding hydrogens is 294 g/mol. The lowest BCUT2D eigenvalue weighted by molar-refractivity contribution is -0.689. The van der Waals surface area contributed by atoms with E-state index in [9.17, 15) is 4.79 Å². The fraction of sp³-hybridized carbons (Fsp3) is 0.353. The third kappa shape index (κ3) is 2.35. The number of fused-ring (bicyclic) bond motifs is 3. The molecule has 0 atom stereocenters. The monoisotopic (exact) mass is 312 g/mol. The van der Waals surface area contributed by atoms with Crippen LogP contribution in [0.1, 0.15) is 34.7 Å². The SMILES string of the molecule is Cc1cc[n+](Cc2nc3sc4c(c3c(=O)[nH]2)CCCC4)cc1. The summed E-state index contributed by atoms with van der Waals surface area (Å²) in [7, 11) is 0. The normalized spacial score (nSPS) is 14.2. The summed E-state index contributed by atoms with van der Waals surface area (Å²) in [6.07, 6.45) is 8.55. The van der Waals surface area contributed by atoms with Gasteiger partial charge in [-0.1, -0.05) is 0 Å². The second-order valence-electron chi connectivity index (χ2n) is 5.95. The Morgan fingerprint density at radius 3 is 2.86 bits per heavy atom. The van der Waals surface area contributed by atoms with Crippen LogP contribution in [0.5, 0.6) is 0 Å². The van der Waals surface area contributed by atoms with Crippen molar-refractivity contribution >= 4 is 21.6 Å². The predicted molar refractivity (Wildman–Crippen MR) is 87.4 cm³/mol. The van der Waals surface area contributed by atoms with Crippen LogP contribution >= 0.6 is 11.3 Å². The van der Waals surface area contributed by atoms with Crippen LogP contribution in [-0.4, -0.2) is 9.97 Å². The topological polar surface area (TPSA) is 49.6 Å². The van der Waals surface area contributed by atoms with E-state index in [4.69, 9.17) is 4.98 Å². The number of hydrogen-bond acceptors (Lipinski definition) is 3. The van der Waals surface area contributed by atoms with E-state index in [2.05, 4.69) is 24.0 Å². The van der Waals surface area contributed by atoms with Gasteiger partial charge in [0.15, 0.2) is 18.2 Å². The molecule has 4 rings (SSSR count). The van der Waals surface area contributed by atoms with Gasteiger partial charge in [-0.25, -0.2) is 4.98 Å². The highest BCUT2D eigenvalue weighted by Gasteiger charge is 2.20. The van der Waals surface area contributed by atoms with Gasteiger partial charge in [-0.15, -0.1) is 11.3 Å². The molecule has 4 nitrogen and oxygen atoms in total. The minimum absolute atomic E-state index is 0.0205. The van der Waals surface area contributed by atoms with Crippen molar-refractivity contribution in [3.05, 3.63) is 56.7 Å². The summed E-state index contributed by atoms with van der Waals surface area (Å²) in [4.78, 5) is 22.4. The maximum Gasteiger partial charge on any atom is 0.260 e. The van der Waals surface area contributed by atoms with Crippen molar-refractivity contribution < 1.29 is 4.57 Å². The van der Waals surface area contributed by atoms with Crippen molar-refractivity contribution in [3.63, 3.8) is 0 Å². The Bertz CT molecular complexity index is 893. The molecule has 1 aliphatic rings. The zero-order valence-corrected chi connectivity index (χ0v) is 13.4. The van der Waals surface area contributed by atoms with E-state index < -0.39 is 0 Å². The second kappa shape index (κ2) is 5.32. The maximum atomic E-state index is 12.5. The number of thiophene rings is 1. The number of hydrogen-bond donors (Lipinski definition) is 1. The summed E-state index contributed by atoms with van der Waals surface area (Å²) < 4.78 is 2.03. The maximum absolute atomic E-state index is 12.5. The fourth-order valence-corrected chi connectivity index (χ4v) is 4.37. The highest BCUT2D eigenvalue weighted by atomic mass is 32.1. The zero-order chi connectivity index (χ0) is 15.1. The highest BCUT2D eigenvalue weighted by molar-refractivity contribution is 7.18. The molecule has 3 aromatic heterocycles. The van der Waals surface area contributed by atoms with E-state index in [0.717, 1.165) is 28.9 Å². The molecule has 0 aliphatic heterocycles. The van der Waals surface area contributed by atoms with Crippen LogP contribution in [0.15, 0.2) is 29.3 Å². The molecule has 1 aliphatic carbocycles. The Morgan fingerprint density at radius 1 is 1.27 bits per heavy atom. The molecule has 3 heterocycles. The zero-order valence-electron chi connectivity index (χ0n) is 12.6. The lowest BCUT2D eigenvalue weighted by atomic mass is 9.97. The second-order valence-corrected chi connectivity index (χ2v) is 7.04. The van der Waals surface area contributed by atoms with E-state index in [1.54, 1.807) is 11.3 Å². The van der Waals surface area contributed by atoms with Gasteiger partial charge in [-0.2, -0.15) is 4.57 Å². The van der Waals surface area contributed by atoms with E-state index in [1.165, 1.54) is 28.8 Å². The molecule has 0 bridgehead atoms. The van der Waals surface area contributed by atoms with Gasteiger partial charge in [0, 0.05) is 17.0 Å². The Kier molecular flexibility index (Phi) is 3.30. The van der Waals surface area contributed by atoms with Gasteiger partial charge in [0.25, 0.3) is 5.56 Å². The number of aromatic nitrogens is 3. The Hall–Kier alpha value is -2.01. The van der Waals surface area contributed by atoms with Crippen molar-refractivity contribution in [1.82, 2.24) is 9.97 Å². The van der Waals surface area contributed by atoms with Gasteiger partial charge in [-0.05, 0) is 43.7 Å². The lowest BCUT2D eigenvalue weighted by Gasteiger charge is -2.09. The van der Waals surface area contributed by atoms with Crippen LogP contribution in [0.3, 0.4) is 0 Å². The summed E-state index contributed by atoms with van der Waals surface area (Å²) in [5.41, 5.74) is 2.49. The van der Waals surface area contributed by atoms with Gasteiger partial charge in [-0.3, -0.25) is 4.79 Å². The molecule has 0 spiro atoms. The lowest BCUT2D eigenvalue weighted by Crippen LogP contribution is -2.35. The number of H-pyrrole nitrogens is 1. The molecular formula is C17H18N3OS+. The first kappa shape index (κ1) is 13.6. The Labute approximate surface area is 132 Å². The van der Waals surface area contributed by atoms with Crippen LogP contribution in [0, 0.1) is 6.92 Å². The van der Waals surface area contributed by atoms with Gasteiger partial charge in [0.05, 0.1) is 5.39 Å². The molecule has 0 saturated carbocycles.